The number of hydrogen-bond donors (Lipinski definition) is 2. The van der Waals surface area contributed by atoms with Crippen molar-refractivity contribution in [2.45, 2.75) is 44.6 Å². The van der Waals surface area contributed by atoms with Gasteiger partial charge in [0.15, 0.2) is 0 Å². The predicted molar refractivity (Wildman–Crippen MR) is 162 cm³/mol. The molecule has 3 heterocycles. The third-order valence-electron chi connectivity index (χ3n) is 7.09. The fraction of sp³-hybridized carbons (Fsp3) is 0.519. The minimum atomic E-state index is -0.00996. The van der Waals surface area contributed by atoms with Crippen molar-refractivity contribution >= 4 is 69.7 Å². The molecule has 1 aromatic carbocycles. The van der Waals surface area contributed by atoms with E-state index in [1.807, 2.05) is 24.3 Å². The van der Waals surface area contributed by atoms with Crippen LogP contribution in [0.15, 0.2) is 30.5 Å². The first kappa shape index (κ1) is 30.9. The number of likely N-dealkylation sites (tertiary alicyclic amines) is 1. The lowest BCUT2D eigenvalue weighted by Gasteiger charge is -2.31. The molecule has 1 aliphatic carbocycles. The van der Waals surface area contributed by atoms with E-state index in [9.17, 15) is 4.79 Å². The molecular formula is C27H36Cl3N5O2S. The number of rotatable bonds is 11. The average Bonchev–Trinajstić information content (AvgIpc) is 3.60. The van der Waals surface area contributed by atoms with E-state index in [-0.39, 0.29) is 30.7 Å². The van der Waals surface area contributed by atoms with E-state index >= 15 is 0 Å². The Kier molecular flexibility index (Phi) is 11.9. The Balaban J connectivity index is 0.00000200. The first-order valence-corrected chi connectivity index (χ1v) is 14.1. The molecule has 3 aromatic rings. The van der Waals surface area contributed by atoms with Crippen molar-refractivity contribution in [3.05, 3.63) is 41.0 Å². The Morgan fingerprint density at radius 1 is 1.21 bits per heavy atom. The number of methoxy groups -OCH3 is 1. The zero-order chi connectivity index (χ0) is 24.9. The highest BCUT2D eigenvalue weighted by molar-refractivity contribution is 7.22. The minimum Gasteiger partial charge on any atom is -0.383 e. The molecule has 1 aliphatic heterocycles. The second kappa shape index (κ2) is 14.6. The lowest BCUT2D eigenvalue weighted by molar-refractivity contribution is 0.0952. The first-order chi connectivity index (χ1) is 17.6. The summed E-state index contributed by atoms with van der Waals surface area (Å²) in [7, 11) is 1.77. The Hall–Kier alpha value is -1.68. The van der Waals surface area contributed by atoms with Crippen LogP contribution in [-0.4, -0.2) is 66.7 Å². The van der Waals surface area contributed by atoms with Gasteiger partial charge in [0.05, 0.1) is 22.7 Å². The molecule has 0 bridgehead atoms. The van der Waals surface area contributed by atoms with Crippen LogP contribution < -0.4 is 10.6 Å². The number of anilines is 1. The highest BCUT2D eigenvalue weighted by atomic mass is 35.5. The van der Waals surface area contributed by atoms with Crippen LogP contribution in [0.2, 0.25) is 5.02 Å². The number of halogens is 3. The summed E-state index contributed by atoms with van der Waals surface area (Å²) in [4.78, 5) is 25.3. The van der Waals surface area contributed by atoms with Gasteiger partial charge in [-0.25, -0.2) is 9.97 Å². The summed E-state index contributed by atoms with van der Waals surface area (Å²) in [5.41, 5.74) is 1.40. The molecule has 5 rings (SSSR count). The van der Waals surface area contributed by atoms with Gasteiger partial charge in [-0.3, -0.25) is 4.79 Å². The predicted octanol–water partition coefficient (Wildman–Crippen LogP) is 6.30. The molecule has 208 valence electrons. The number of benzene rings is 1. The Bertz CT molecular complexity index is 1200. The fourth-order valence-corrected chi connectivity index (χ4v) is 6.14. The summed E-state index contributed by atoms with van der Waals surface area (Å²) in [6.45, 7) is 5.03. The highest BCUT2D eigenvalue weighted by Gasteiger charge is 2.25. The summed E-state index contributed by atoms with van der Waals surface area (Å²) < 4.78 is 6.24. The molecular weight excluding hydrogens is 565 g/mol. The van der Waals surface area contributed by atoms with Gasteiger partial charge >= 0.3 is 0 Å². The Morgan fingerprint density at radius 3 is 2.74 bits per heavy atom. The van der Waals surface area contributed by atoms with Crippen LogP contribution in [-0.2, 0) is 4.74 Å². The normalized spacial score (nSPS) is 16.1. The summed E-state index contributed by atoms with van der Waals surface area (Å²) in [5, 5.41) is 7.92. The van der Waals surface area contributed by atoms with Crippen molar-refractivity contribution < 1.29 is 9.53 Å². The second-order valence-corrected chi connectivity index (χ2v) is 11.3. The number of piperidine rings is 1. The molecule has 1 saturated heterocycles. The number of aromatic nitrogens is 2. The number of ether oxygens (including phenoxy) is 1. The maximum Gasteiger partial charge on any atom is 0.252 e. The largest absolute Gasteiger partial charge is 0.383 e. The van der Waals surface area contributed by atoms with Gasteiger partial charge in [0.2, 0.25) is 5.95 Å². The Labute approximate surface area is 245 Å². The third-order valence-corrected chi connectivity index (χ3v) is 8.47. The van der Waals surface area contributed by atoms with E-state index in [0.717, 1.165) is 59.8 Å². The average molecular weight is 601 g/mol. The van der Waals surface area contributed by atoms with E-state index < -0.39 is 0 Å². The second-order valence-electron chi connectivity index (χ2n) is 9.81. The summed E-state index contributed by atoms with van der Waals surface area (Å²) in [5.74, 6) is 1.37. The number of carbonyl (C=O) groups excluding carboxylic acids is 1. The van der Waals surface area contributed by atoms with Crippen molar-refractivity contribution in [2.75, 3.05) is 45.2 Å². The standard InChI is InChI=1S/C27H34ClN5O2S.2ClH/c1-35-15-14-33-12-9-18(10-13-33)4-3-11-29-27-30-17-22(28)25(32-27)24-16-21-20(5-2-6-23(21)36-24)26(34)31-19-7-8-19;;/h2,5-6,16-19H,3-4,7-15H2,1H3,(H,31,34)(H,29,30,32);2*1H. The van der Waals surface area contributed by atoms with Gasteiger partial charge in [-0.05, 0) is 75.7 Å². The summed E-state index contributed by atoms with van der Waals surface area (Å²) in [6, 6.07) is 8.20. The number of nitrogens with one attached hydrogen (secondary N) is 2. The molecule has 1 saturated carbocycles. The molecule has 1 amide bonds. The number of hydrogen-bond acceptors (Lipinski definition) is 7. The molecule has 2 aromatic heterocycles. The molecule has 0 atom stereocenters. The molecule has 2 fully saturated rings. The highest BCUT2D eigenvalue weighted by Crippen LogP contribution is 2.37. The van der Waals surface area contributed by atoms with Gasteiger partial charge in [0.25, 0.3) is 5.91 Å². The fourth-order valence-electron chi connectivity index (χ4n) is 4.80. The zero-order valence-corrected chi connectivity index (χ0v) is 24.8. The molecule has 0 unspecified atom stereocenters. The lowest BCUT2D eigenvalue weighted by atomic mass is 9.92. The summed E-state index contributed by atoms with van der Waals surface area (Å²) >= 11 is 8.10. The van der Waals surface area contributed by atoms with Crippen LogP contribution in [0.3, 0.4) is 0 Å². The van der Waals surface area contributed by atoms with Crippen LogP contribution in [0.4, 0.5) is 5.95 Å². The molecule has 2 aliphatic rings. The van der Waals surface area contributed by atoms with Gasteiger partial charge in [0, 0.05) is 41.9 Å². The van der Waals surface area contributed by atoms with Crippen LogP contribution in [0, 0.1) is 5.92 Å². The van der Waals surface area contributed by atoms with E-state index in [1.165, 1.54) is 32.4 Å². The molecule has 2 N–H and O–H groups in total. The zero-order valence-electron chi connectivity index (χ0n) is 21.6. The molecule has 7 nitrogen and oxygen atoms in total. The van der Waals surface area contributed by atoms with Crippen LogP contribution in [0.25, 0.3) is 20.7 Å². The third kappa shape index (κ3) is 7.93. The van der Waals surface area contributed by atoms with Crippen molar-refractivity contribution in [3.63, 3.8) is 0 Å². The summed E-state index contributed by atoms with van der Waals surface area (Å²) in [6.07, 6.45) is 8.62. The maximum absolute atomic E-state index is 12.7. The number of thiophene rings is 1. The van der Waals surface area contributed by atoms with Crippen LogP contribution >= 0.6 is 47.8 Å². The van der Waals surface area contributed by atoms with E-state index in [2.05, 4.69) is 20.5 Å². The quantitative estimate of drug-likeness (QED) is 0.252. The topological polar surface area (TPSA) is 79.4 Å². The van der Waals surface area contributed by atoms with Crippen molar-refractivity contribution in [1.29, 1.82) is 0 Å². The van der Waals surface area contributed by atoms with Gasteiger partial charge in [-0.1, -0.05) is 17.7 Å². The molecule has 0 spiro atoms. The van der Waals surface area contributed by atoms with Crippen LogP contribution in [0.5, 0.6) is 0 Å². The SMILES string of the molecule is COCCN1CCC(CCCNc2ncc(Cl)c(-c3cc4c(C(=O)NC5CC5)cccc4s3)n2)CC1.Cl.Cl. The Morgan fingerprint density at radius 2 is 2.00 bits per heavy atom. The van der Waals surface area contributed by atoms with Gasteiger partial charge in [-0.2, -0.15) is 0 Å². The lowest BCUT2D eigenvalue weighted by Crippen LogP contribution is -2.35. The maximum atomic E-state index is 12.7. The van der Waals surface area contributed by atoms with Gasteiger partial charge in [0.1, 0.15) is 5.69 Å². The molecule has 11 heteroatoms. The first-order valence-electron chi connectivity index (χ1n) is 12.9. The van der Waals surface area contributed by atoms with Crippen LogP contribution in [0.1, 0.15) is 48.9 Å². The van der Waals surface area contributed by atoms with Crippen molar-refractivity contribution in [2.24, 2.45) is 5.92 Å². The monoisotopic (exact) mass is 599 g/mol. The van der Waals surface area contributed by atoms with Crippen molar-refractivity contribution in [3.8, 4) is 10.6 Å². The van der Waals surface area contributed by atoms with E-state index in [1.54, 1.807) is 24.6 Å². The number of fused-ring (bicyclic) bond motifs is 1. The number of amides is 1. The van der Waals surface area contributed by atoms with Gasteiger partial charge in [-0.15, -0.1) is 36.2 Å². The van der Waals surface area contributed by atoms with E-state index in [0.29, 0.717) is 28.3 Å². The molecule has 38 heavy (non-hydrogen) atoms. The van der Waals surface area contributed by atoms with E-state index in [4.69, 9.17) is 21.3 Å². The molecule has 0 radical (unpaired) electrons. The smallest absolute Gasteiger partial charge is 0.252 e. The number of carbonyl (C=O) groups is 1. The minimum absolute atomic E-state index is 0. The van der Waals surface area contributed by atoms with Crippen molar-refractivity contribution in [1.82, 2.24) is 20.2 Å². The van der Waals surface area contributed by atoms with Gasteiger partial charge < -0.3 is 20.3 Å². The number of nitrogens with zero attached hydrogens (tertiary/aromatic N) is 3.